The summed E-state index contributed by atoms with van der Waals surface area (Å²) in [5.74, 6) is 0.333. The maximum Gasteiger partial charge on any atom is 0.327 e. The van der Waals surface area contributed by atoms with Crippen LogP contribution in [0.25, 0.3) is 0 Å². The summed E-state index contributed by atoms with van der Waals surface area (Å²) in [5.41, 5.74) is 2.03. The van der Waals surface area contributed by atoms with E-state index >= 15 is 0 Å². The second kappa shape index (κ2) is 6.28. The zero-order valence-corrected chi connectivity index (χ0v) is 13.9. The van der Waals surface area contributed by atoms with E-state index in [4.69, 9.17) is 4.74 Å². The van der Waals surface area contributed by atoms with Gasteiger partial charge >= 0.3 is 5.97 Å². The Kier molecular flexibility index (Phi) is 4.84. The minimum atomic E-state index is -0.858. The number of aryl methyl sites for hydroxylation is 1. The van der Waals surface area contributed by atoms with Crippen molar-refractivity contribution in [2.45, 2.75) is 31.6 Å². The largest absolute Gasteiger partial charge is 0.468 e. The van der Waals surface area contributed by atoms with Gasteiger partial charge in [-0.25, -0.2) is 4.79 Å². The van der Waals surface area contributed by atoms with Crippen molar-refractivity contribution in [3.63, 3.8) is 0 Å². The van der Waals surface area contributed by atoms with Crippen molar-refractivity contribution in [3.05, 3.63) is 35.4 Å². The van der Waals surface area contributed by atoms with Crippen LogP contribution in [0.5, 0.6) is 0 Å². The normalized spacial score (nSPS) is 23.5. The molecule has 2 rings (SSSR count). The van der Waals surface area contributed by atoms with Gasteiger partial charge < -0.3 is 4.74 Å². The fourth-order valence-corrected chi connectivity index (χ4v) is 4.08. The van der Waals surface area contributed by atoms with Gasteiger partial charge in [-0.05, 0) is 31.9 Å². The number of hydrogen-bond donors (Lipinski definition) is 0. The van der Waals surface area contributed by atoms with Gasteiger partial charge in [-0.1, -0.05) is 24.3 Å². The van der Waals surface area contributed by atoms with E-state index in [-0.39, 0.29) is 10.7 Å². The smallest absolute Gasteiger partial charge is 0.327 e. The molecule has 0 N–H and O–H groups in total. The second-order valence-electron chi connectivity index (χ2n) is 6.06. The number of rotatable bonds is 3. The number of methoxy groups -OCH3 is 1. The zero-order valence-electron chi connectivity index (χ0n) is 13.1. The van der Waals surface area contributed by atoms with Gasteiger partial charge in [0.15, 0.2) is 0 Å². The summed E-state index contributed by atoms with van der Waals surface area (Å²) >= 11 is 0. The van der Waals surface area contributed by atoms with Gasteiger partial charge in [-0.3, -0.25) is 9.11 Å². The zero-order chi connectivity index (χ0) is 15.6. The van der Waals surface area contributed by atoms with Crippen molar-refractivity contribution >= 4 is 16.8 Å². The van der Waals surface area contributed by atoms with E-state index in [1.165, 1.54) is 7.11 Å². The number of carbonyl (C=O) groups excluding carboxylic acids is 1. The van der Waals surface area contributed by atoms with Crippen molar-refractivity contribution < 1.29 is 13.7 Å². The van der Waals surface area contributed by atoms with E-state index in [1.54, 1.807) is 0 Å². The molecule has 21 heavy (non-hydrogen) atoms. The molecule has 1 aliphatic heterocycles. The number of nitrogens with zero attached hydrogens (tertiary/aromatic N) is 1. The molecule has 1 saturated heterocycles. The molecule has 0 saturated carbocycles. The molecule has 1 heterocycles. The van der Waals surface area contributed by atoms with Gasteiger partial charge in [0, 0.05) is 29.6 Å². The standard InChI is InChI=1S/C16H23NO3S/c1-12-7-5-6-8-13(12)14(15(18)20-4)17-9-10-21(19)16(2,3)11-17/h5-8,14H,9-11H2,1-4H3/t14-,21+/m0/s1. The molecule has 4 nitrogen and oxygen atoms in total. The van der Waals surface area contributed by atoms with Crippen LogP contribution in [0.4, 0.5) is 0 Å². The molecule has 0 aromatic heterocycles. The number of carbonyl (C=O) groups is 1. The van der Waals surface area contributed by atoms with Gasteiger partial charge in [-0.15, -0.1) is 0 Å². The molecule has 2 atom stereocenters. The summed E-state index contributed by atoms with van der Waals surface area (Å²) in [4.78, 5) is 14.4. The van der Waals surface area contributed by atoms with Crippen molar-refractivity contribution in [2.24, 2.45) is 0 Å². The number of esters is 1. The van der Waals surface area contributed by atoms with Gasteiger partial charge in [0.2, 0.25) is 0 Å². The highest BCUT2D eigenvalue weighted by molar-refractivity contribution is 7.86. The average Bonchev–Trinajstić information content (AvgIpc) is 2.44. The molecule has 0 aliphatic carbocycles. The van der Waals surface area contributed by atoms with Gasteiger partial charge in [0.25, 0.3) is 0 Å². The van der Waals surface area contributed by atoms with Crippen LogP contribution in [0.2, 0.25) is 0 Å². The molecule has 1 aliphatic rings. The predicted octanol–water partition coefficient (Wildman–Crippen LogP) is 2.05. The van der Waals surface area contributed by atoms with Crippen molar-refractivity contribution in [1.29, 1.82) is 0 Å². The molecule has 0 amide bonds. The first-order chi connectivity index (χ1) is 9.86. The maximum absolute atomic E-state index is 12.3. The Hall–Kier alpha value is -1.20. The second-order valence-corrected chi connectivity index (χ2v) is 8.27. The lowest BCUT2D eigenvalue weighted by molar-refractivity contribution is -0.147. The predicted molar refractivity (Wildman–Crippen MR) is 84.6 cm³/mol. The Morgan fingerprint density at radius 2 is 2.05 bits per heavy atom. The van der Waals surface area contributed by atoms with Crippen LogP contribution in [-0.2, 0) is 20.3 Å². The molecule has 1 aromatic carbocycles. The molecule has 5 heteroatoms. The Balaban J connectivity index is 2.36. The van der Waals surface area contributed by atoms with Crippen molar-refractivity contribution in [2.75, 3.05) is 26.0 Å². The first-order valence-electron chi connectivity index (χ1n) is 7.12. The van der Waals surface area contributed by atoms with Crippen molar-refractivity contribution in [3.8, 4) is 0 Å². The minimum absolute atomic E-state index is 0.257. The van der Waals surface area contributed by atoms with Crippen LogP contribution in [0.15, 0.2) is 24.3 Å². The van der Waals surface area contributed by atoms with Crippen LogP contribution < -0.4 is 0 Å². The van der Waals surface area contributed by atoms with E-state index in [0.717, 1.165) is 11.1 Å². The first-order valence-corrected chi connectivity index (χ1v) is 8.44. The van der Waals surface area contributed by atoms with E-state index in [1.807, 2.05) is 45.0 Å². The molecule has 1 fully saturated rings. The van der Waals surface area contributed by atoms with E-state index in [0.29, 0.717) is 18.8 Å². The number of benzene rings is 1. The average molecular weight is 309 g/mol. The molecule has 1 aromatic rings. The fraction of sp³-hybridized carbons (Fsp3) is 0.562. The SMILES string of the molecule is COC(=O)[C@H](c1ccccc1C)N1CC[S@@](=O)C(C)(C)C1. The Morgan fingerprint density at radius 1 is 1.38 bits per heavy atom. The van der Waals surface area contributed by atoms with Crippen LogP contribution >= 0.6 is 0 Å². The third-order valence-electron chi connectivity index (χ3n) is 4.04. The van der Waals surface area contributed by atoms with E-state index in [2.05, 4.69) is 4.90 Å². The van der Waals surface area contributed by atoms with Crippen LogP contribution in [0.1, 0.15) is 31.0 Å². The Bertz CT molecular complexity index is 556. The van der Waals surface area contributed by atoms with E-state index < -0.39 is 16.8 Å². The van der Waals surface area contributed by atoms with Crippen LogP contribution in [0, 0.1) is 6.92 Å². The van der Waals surface area contributed by atoms with Crippen LogP contribution in [0.3, 0.4) is 0 Å². The molecule has 0 unspecified atom stereocenters. The monoisotopic (exact) mass is 309 g/mol. The molecule has 0 radical (unpaired) electrons. The minimum Gasteiger partial charge on any atom is -0.468 e. The van der Waals surface area contributed by atoms with Gasteiger partial charge in [0.05, 0.1) is 11.9 Å². The quantitative estimate of drug-likeness (QED) is 0.802. The van der Waals surface area contributed by atoms with Gasteiger partial charge in [0.1, 0.15) is 6.04 Å². The molecule has 0 bridgehead atoms. The third kappa shape index (κ3) is 3.35. The molecular weight excluding hydrogens is 286 g/mol. The summed E-state index contributed by atoms with van der Waals surface area (Å²) in [6.45, 7) is 7.24. The fourth-order valence-electron chi connectivity index (χ4n) is 2.81. The summed E-state index contributed by atoms with van der Waals surface area (Å²) in [6, 6.07) is 7.44. The summed E-state index contributed by atoms with van der Waals surface area (Å²) in [5, 5.41) is 0. The Morgan fingerprint density at radius 3 is 2.62 bits per heavy atom. The highest BCUT2D eigenvalue weighted by atomic mass is 32.2. The van der Waals surface area contributed by atoms with Crippen LogP contribution in [-0.4, -0.2) is 45.8 Å². The highest BCUT2D eigenvalue weighted by Gasteiger charge is 2.39. The lowest BCUT2D eigenvalue weighted by atomic mass is 9.98. The lowest BCUT2D eigenvalue weighted by Crippen LogP contribution is -2.52. The number of ether oxygens (including phenoxy) is 1. The Labute approximate surface area is 128 Å². The maximum atomic E-state index is 12.3. The van der Waals surface area contributed by atoms with E-state index in [9.17, 15) is 9.00 Å². The lowest BCUT2D eigenvalue weighted by Gasteiger charge is -2.40. The summed E-state index contributed by atoms with van der Waals surface area (Å²) in [7, 11) is 0.559. The highest BCUT2D eigenvalue weighted by Crippen LogP contribution is 2.30. The summed E-state index contributed by atoms with van der Waals surface area (Å²) in [6.07, 6.45) is 0. The topological polar surface area (TPSA) is 46.6 Å². The number of hydrogen-bond acceptors (Lipinski definition) is 4. The summed E-state index contributed by atoms with van der Waals surface area (Å²) < 4.78 is 16.8. The molecule has 116 valence electrons. The first kappa shape index (κ1) is 16.2. The molecular formula is C16H23NO3S. The van der Waals surface area contributed by atoms with Gasteiger partial charge in [-0.2, -0.15) is 0 Å². The van der Waals surface area contributed by atoms with Crippen molar-refractivity contribution in [1.82, 2.24) is 4.90 Å². The molecule has 0 spiro atoms. The third-order valence-corrected chi connectivity index (χ3v) is 5.95.